The van der Waals surface area contributed by atoms with Crippen LogP contribution in [0.4, 0.5) is 0 Å². The van der Waals surface area contributed by atoms with Gasteiger partial charge < -0.3 is 4.90 Å². The molecule has 0 aliphatic rings. The summed E-state index contributed by atoms with van der Waals surface area (Å²) in [6.07, 6.45) is 2.24. The number of rotatable bonds is 4. The number of nitrogens with zero attached hydrogens (tertiary/aromatic N) is 1. The van der Waals surface area contributed by atoms with Crippen molar-refractivity contribution in [1.29, 1.82) is 0 Å². The number of hydrogen-bond acceptors (Lipinski definition) is 1. The Morgan fingerprint density at radius 3 is 2.60 bits per heavy atom. The Hall–Kier alpha value is -0.480. The molecule has 1 nitrogen and oxygen atoms in total. The zero-order valence-corrected chi connectivity index (χ0v) is 7.28. The molecule has 0 saturated carbocycles. The van der Waals surface area contributed by atoms with Gasteiger partial charge >= 0.3 is 0 Å². The van der Waals surface area contributed by atoms with Crippen LogP contribution >= 0.6 is 0 Å². The number of unbranched alkanes of at least 4 members (excludes halogenated alkanes) is 1. The highest BCUT2D eigenvalue weighted by atomic mass is 15.1. The van der Waals surface area contributed by atoms with E-state index >= 15 is 0 Å². The fraction of sp³-hybridized carbons (Fsp3) is 0.778. The summed E-state index contributed by atoms with van der Waals surface area (Å²) in [7, 11) is 2.14. The third-order valence-corrected chi connectivity index (χ3v) is 1.56. The third-order valence-electron chi connectivity index (χ3n) is 1.56. The van der Waals surface area contributed by atoms with Crippen LogP contribution in [0.25, 0.3) is 0 Å². The molecule has 0 heterocycles. The summed E-state index contributed by atoms with van der Waals surface area (Å²) >= 11 is 0. The van der Waals surface area contributed by atoms with Crippen LogP contribution in [0.5, 0.6) is 0 Å². The lowest BCUT2D eigenvalue weighted by Crippen LogP contribution is -2.18. The van der Waals surface area contributed by atoms with Crippen molar-refractivity contribution < 1.29 is 0 Å². The van der Waals surface area contributed by atoms with E-state index in [9.17, 15) is 0 Å². The normalized spacial score (nSPS) is 9.20. The molecular formula is C9H17N. The van der Waals surface area contributed by atoms with E-state index in [0.717, 1.165) is 13.0 Å². The minimum absolute atomic E-state index is 1.04. The molecular weight excluding hydrogens is 122 g/mol. The summed E-state index contributed by atoms with van der Waals surface area (Å²) in [6.45, 7) is 6.37. The fourth-order valence-corrected chi connectivity index (χ4v) is 0.720. The van der Waals surface area contributed by atoms with Gasteiger partial charge in [0, 0.05) is 6.42 Å². The molecule has 0 unspecified atom stereocenters. The SMILES string of the molecule is CC#CCCCN(C)CC. The molecule has 0 saturated heterocycles. The van der Waals surface area contributed by atoms with E-state index in [4.69, 9.17) is 0 Å². The van der Waals surface area contributed by atoms with Crippen LogP contribution in [0.1, 0.15) is 26.7 Å². The summed E-state index contributed by atoms with van der Waals surface area (Å²) in [5, 5.41) is 0. The summed E-state index contributed by atoms with van der Waals surface area (Å²) in [5.74, 6) is 5.94. The van der Waals surface area contributed by atoms with E-state index < -0.39 is 0 Å². The maximum absolute atomic E-state index is 3.05. The predicted octanol–water partition coefficient (Wildman–Crippen LogP) is 1.74. The smallest absolute Gasteiger partial charge is 0.0101 e. The van der Waals surface area contributed by atoms with Crippen LogP contribution in [0.15, 0.2) is 0 Å². The zero-order chi connectivity index (χ0) is 7.82. The molecule has 1 heteroatoms. The quantitative estimate of drug-likeness (QED) is 0.423. The van der Waals surface area contributed by atoms with Gasteiger partial charge in [0.2, 0.25) is 0 Å². The van der Waals surface area contributed by atoms with Gasteiger partial charge in [0.1, 0.15) is 0 Å². The zero-order valence-electron chi connectivity index (χ0n) is 7.28. The average Bonchev–Trinajstić information content (AvgIpc) is 1.98. The van der Waals surface area contributed by atoms with Gasteiger partial charge in [-0.1, -0.05) is 6.92 Å². The Morgan fingerprint density at radius 1 is 1.40 bits per heavy atom. The fourth-order valence-electron chi connectivity index (χ4n) is 0.720. The van der Waals surface area contributed by atoms with Gasteiger partial charge in [-0.15, -0.1) is 11.8 Å². The first-order valence-electron chi connectivity index (χ1n) is 3.89. The van der Waals surface area contributed by atoms with Crippen LogP contribution in [0.2, 0.25) is 0 Å². The molecule has 0 aliphatic heterocycles. The molecule has 0 rings (SSSR count). The molecule has 0 radical (unpaired) electrons. The average molecular weight is 139 g/mol. The second kappa shape index (κ2) is 6.64. The van der Waals surface area contributed by atoms with Gasteiger partial charge in [-0.05, 0) is 33.5 Å². The summed E-state index contributed by atoms with van der Waals surface area (Å²) in [4.78, 5) is 2.30. The first kappa shape index (κ1) is 9.52. The van der Waals surface area contributed by atoms with Crippen molar-refractivity contribution in [2.24, 2.45) is 0 Å². The van der Waals surface area contributed by atoms with Crippen molar-refractivity contribution in [3.05, 3.63) is 0 Å². The monoisotopic (exact) mass is 139 g/mol. The highest BCUT2D eigenvalue weighted by molar-refractivity contribution is 4.94. The topological polar surface area (TPSA) is 3.24 Å². The molecule has 0 aromatic carbocycles. The largest absolute Gasteiger partial charge is 0.307 e. The van der Waals surface area contributed by atoms with E-state index in [2.05, 4.69) is 30.7 Å². The lowest BCUT2D eigenvalue weighted by atomic mass is 10.3. The Morgan fingerprint density at radius 2 is 2.10 bits per heavy atom. The van der Waals surface area contributed by atoms with E-state index in [1.165, 1.54) is 13.0 Å². The molecule has 10 heavy (non-hydrogen) atoms. The van der Waals surface area contributed by atoms with Crippen LogP contribution in [-0.4, -0.2) is 25.0 Å². The third kappa shape index (κ3) is 5.65. The summed E-state index contributed by atoms with van der Waals surface area (Å²) in [6, 6.07) is 0. The Bertz CT molecular complexity index is 118. The summed E-state index contributed by atoms with van der Waals surface area (Å²) < 4.78 is 0. The van der Waals surface area contributed by atoms with Gasteiger partial charge in [-0.3, -0.25) is 0 Å². The molecule has 0 aromatic heterocycles. The van der Waals surface area contributed by atoms with Gasteiger partial charge in [0.25, 0.3) is 0 Å². The van der Waals surface area contributed by atoms with Crippen LogP contribution in [0.3, 0.4) is 0 Å². The Labute approximate surface area is 64.4 Å². The van der Waals surface area contributed by atoms with Gasteiger partial charge in [0.15, 0.2) is 0 Å². The number of hydrogen-bond donors (Lipinski definition) is 0. The van der Waals surface area contributed by atoms with Crippen molar-refractivity contribution in [2.45, 2.75) is 26.7 Å². The standard InChI is InChI=1S/C9H17N/c1-4-6-7-8-9-10(3)5-2/h5,7-9H2,1-3H3. The van der Waals surface area contributed by atoms with E-state index in [0.29, 0.717) is 0 Å². The molecule has 0 fully saturated rings. The van der Waals surface area contributed by atoms with Crippen molar-refractivity contribution in [1.82, 2.24) is 4.90 Å². The first-order valence-corrected chi connectivity index (χ1v) is 3.89. The molecule has 0 atom stereocenters. The second-order valence-electron chi connectivity index (χ2n) is 2.43. The molecule has 0 spiro atoms. The molecule has 58 valence electrons. The van der Waals surface area contributed by atoms with Crippen LogP contribution in [0, 0.1) is 11.8 Å². The molecule has 0 N–H and O–H groups in total. The van der Waals surface area contributed by atoms with E-state index in [1.807, 2.05) is 6.92 Å². The predicted molar refractivity (Wildman–Crippen MR) is 45.9 cm³/mol. The van der Waals surface area contributed by atoms with Gasteiger partial charge in [-0.2, -0.15) is 0 Å². The minimum atomic E-state index is 1.04. The summed E-state index contributed by atoms with van der Waals surface area (Å²) in [5.41, 5.74) is 0. The lowest BCUT2D eigenvalue weighted by molar-refractivity contribution is 0.349. The van der Waals surface area contributed by atoms with Crippen LogP contribution in [-0.2, 0) is 0 Å². The van der Waals surface area contributed by atoms with Crippen molar-refractivity contribution in [3.8, 4) is 11.8 Å². The first-order chi connectivity index (χ1) is 4.81. The lowest BCUT2D eigenvalue weighted by Gasteiger charge is -2.11. The van der Waals surface area contributed by atoms with Crippen molar-refractivity contribution in [3.63, 3.8) is 0 Å². The minimum Gasteiger partial charge on any atom is -0.307 e. The van der Waals surface area contributed by atoms with Crippen LogP contribution < -0.4 is 0 Å². The Balaban J connectivity index is 3.08. The molecule has 0 amide bonds. The van der Waals surface area contributed by atoms with Crippen molar-refractivity contribution in [2.75, 3.05) is 20.1 Å². The molecule has 0 aromatic rings. The highest BCUT2D eigenvalue weighted by Crippen LogP contribution is 1.89. The Kier molecular flexibility index (Phi) is 6.32. The molecule has 0 bridgehead atoms. The van der Waals surface area contributed by atoms with Gasteiger partial charge in [0.05, 0.1) is 0 Å². The highest BCUT2D eigenvalue weighted by Gasteiger charge is 1.90. The second-order valence-corrected chi connectivity index (χ2v) is 2.43. The van der Waals surface area contributed by atoms with Crippen molar-refractivity contribution >= 4 is 0 Å². The molecule has 0 aliphatic carbocycles. The van der Waals surface area contributed by atoms with E-state index in [1.54, 1.807) is 0 Å². The maximum atomic E-state index is 3.05. The van der Waals surface area contributed by atoms with E-state index in [-0.39, 0.29) is 0 Å². The van der Waals surface area contributed by atoms with Gasteiger partial charge in [-0.25, -0.2) is 0 Å². The maximum Gasteiger partial charge on any atom is 0.0101 e.